The maximum atomic E-state index is 12.7. The summed E-state index contributed by atoms with van der Waals surface area (Å²) in [4.78, 5) is 27.0. The predicted octanol–water partition coefficient (Wildman–Crippen LogP) is 4.40. The van der Waals surface area contributed by atoms with Crippen LogP contribution >= 0.6 is 22.6 Å². The van der Waals surface area contributed by atoms with E-state index in [1.54, 1.807) is 0 Å². The number of amides is 1. The van der Waals surface area contributed by atoms with Gasteiger partial charge in [0.15, 0.2) is 5.78 Å². The summed E-state index contributed by atoms with van der Waals surface area (Å²) in [5.74, 6) is 0.325. The first-order valence-electron chi connectivity index (χ1n) is 10.4. The fraction of sp³-hybridized carbons (Fsp3) is 0.391. The molecule has 158 valence electrons. The highest BCUT2D eigenvalue weighted by Crippen LogP contribution is 2.25. The molecule has 7 heteroatoms. The number of ether oxygens (including phenoxy) is 1. The van der Waals surface area contributed by atoms with Crippen LogP contribution in [0.15, 0.2) is 42.5 Å². The van der Waals surface area contributed by atoms with Crippen molar-refractivity contribution in [3.05, 3.63) is 57.2 Å². The average Bonchev–Trinajstić information content (AvgIpc) is 3.22. The lowest BCUT2D eigenvalue weighted by Gasteiger charge is -2.31. The van der Waals surface area contributed by atoms with Crippen LogP contribution in [0.5, 0.6) is 0 Å². The van der Waals surface area contributed by atoms with E-state index in [1.165, 1.54) is 5.56 Å². The Morgan fingerprint density at radius 2 is 1.90 bits per heavy atom. The molecule has 0 aromatic heterocycles. The van der Waals surface area contributed by atoms with Gasteiger partial charge in [0.05, 0.1) is 0 Å². The quantitative estimate of drug-likeness (QED) is 0.438. The molecule has 2 aliphatic heterocycles. The number of hydrogen-bond donors (Lipinski definition) is 2. The van der Waals surface area contributed by atoms with E-state index < -0.39 is 6.09 Å². The van der Waals surface area contributed by atoms with Gasteiger partial charge in [-0.1, -0.05) is 12.1 Å². The number of carbonyl (C=O) groups is 2. The van der Waals surface area contributed by atoms with Gasteiger partial charge in [0.1, 0.15) is 6.61 Å². The Hall–Kier alpha value is -2.13. The highest BCUT2D eigenvalue weighted by molar-refractivity contribution is 14.1. The van der Waals surface area contributed by atoms with E-state index >= 15 is 0 Å². The van der Waals surface area contributed by atoms with Gasteiger partial charge in [-0.05, 0) is 90.8 Å². The number of Topliss-reactive ketones (excluding diaryl/α,β-unsaturated/α-hetero) is 1. The molecule has 0 radical (unpaired) electrons. The number of ketones is 1. The number of likely N-dealkylation sites (tertiary alicyclic amines) is 1. The van der Waals surface area contributed by atoms with Crippen LogP contribution in [-0.4, -0.2) is 49.6 Å². The van der Waals surface area contributed by atoms with Crippen LogP contribution in [0, 0.1) is 9.49 Å². The topological polar surface area (TPSA) is 70.7 Å². The third-order valence-corrected chi connectivity index (χ3v) is 6.51. The van der Waals surface area contributed by atoms with Crippen molar-refractivity contribution >= 4 is 45.8 Å². The summed E-state index contributed by atoms with van der Waals surface area (Å²) >= 11 is 2.25. The molecule has 2 aromatic rings. The Bertz CT molecular complexity index is 908. The Balaban J connectivity index is 1.16. The van der Waals surface area contributed by atoms with Crippen LogP contribution in [-0.2, 0) is 11.2 Å². The highest BCUT2D eigenvalue weighted by atomic mass is 127. The molecule has 0 aliphatic carbocycles. The van der Waals surface area contributed by atoms with Crippen molar-refractivity contribution in [2.45, 2.75) is 19.3 Å². The second-order valence-corrected chi connectivity index (χ2v) is 9.04. The first-order chi connectivity index (χ1) is 14.6. The molecule has 0 saturated carbocycles. The van der Waals surface area contributed by atoms with E-state index in [2.05, 4.69) is 38.1 Å². The van der Waals surface area contributed by atoms with Gasteiger partial charge in [0, 0.05) is 39.5 Å². The van der Waals surface area contributed by atoms with E-state index in [9.17, 15) is 9.59 Å². The molecule has 2 aromatic carbocycles. The minimum atomic E-state index is -0.426. The second kappa shape index (κ2) is 9.78. The minimum Gasteiger partial charge on any atom is -0.448 e. The number of carbonyl (C=O) groups excluding carboxylic acids is 2. The smallest absolute Gasteiger partial charge is 0.411 e. The maximum absolute atomic E-state index is 12.7. The molecule has 2 aliphatic rings. The van der Waals surface area contributed by atoms with E-state index in [0.717, 1.165) is 59.4 Å². The largest absolute Gasteiger partial charge is 0.448 e. The van der Waals surface area contributed by atoms with Crippen LogP contribution in [0.1, 0.15) is 28.8 Å². The van der Waals surface area contributed by atoms with Crippen molar-refractivity contribution < 1.29 is 14.3 Å². The molecule has 1 fully saturated rings. The predicted molar refractivity (Wildman–Crippen MR) is 126 cm³/mol. The van der Waals surface area contributed by atoms with Gasteiger partial charge in [-0.3, -0.25) is 15.0 Å². The van der Waals surface area contributed by atoms with E-state index in [4.69, 9.17) is 4.74 Å². The molecular formula is C23H26IN3O3. The summed E-state index contributed by atoms with van der Waals surface area (Å²) in [6.45, 7) is 3.67. The average molecular weight is 519 g/mol. The van der Waals surface area contributed by atoms with Crippen LogP contribution in [0.2, 0.25) is 0 Å². The number of nitrogens with one attached hydrogen (secondary N) is 2. The minimum absolute atomic E-state index is 0.0832. The third kappa shape index (κ3) is 5.31. The van der Waals surface area contributed by atoms with Gasteiger partial charge in [-0.15, -0.1) is 0 Å². The molecular weight excluding hydrogens is 493 g/mol. The summed E-state index contributed by atoms with van der Waals surface area (Å²) in [7, 11) is 0. The van der Waals surface area contributed by atoms with Crippen LogP contribution < -0.4 is 10.6 Å². The number of nitrogens with zero attached hydrogens (tertiary/aromatic N) is 1. The fourth-order valence-electron chi connectivity index (χ4n) is 4.07. The second-order valence-electron chi connectivity index (χ2n) is 7.80. The SMILES string of the molecule is O=C(Nc1ccc2c(c1)CCN2)OCCN1CCC(C(=O)c2ccc(I)cc2)CC1. The first-order valence-corrected chi connectivity index (χ1v) is 11.5. The van der Waals surface area contributed by atoms with Crippen LogP contribution in [0.4, 0.5) is 16.2 Å². The Morgan fingerprint density at radius 3 is 2.67 bits per heavy atom. The first kappa shape index (κ1) is 21.1. The van der Waals surface area contributed by atoms with E-state index in [0.29, 0.717) is 13.2 Å². The van der Waals surface area contributed by atoms with Crippen molar-refractivity contribution in [1.29, 1.82) is 0 Å². The molecule has 4 rings (SSSR count). The molecule has 0 unspecified atom stereocenters. The monoisotopic (exact) mass is 519 g/mol. The molecule has 1 amide bonds. The fourth-order valence-corrected chi connectivity index (χ4v) is 4.43. The molecule has 0 atom stereocenters. The number of fused-ring (bicyclic) bond motifs is 1. The van der Waals surface area contributed by atoms with Crippen LogP contribution in [0.3, 0.4) is 0 Å². The summed E-state index contributed by atoms with van der Waals surface area (Å²) in [6, 6.07) is 13.6. The molecule has 30 heavy (non-hydrogen) atoms. The lowest BCUT2D eigenvalue weighted by Crippen LogP contribution is -2.38. The normalized spacial score (nSPS) is 16.6. The molecule has 0 bridgehead atoms. The lowest BCUT2D eigenvalue weighted by molar-refractivity contribution is 0.0813. The van der Waals surface area contributed by atoms with E-state index in [-0.39, 0.29) is 11.7 Å². The number of anilines is 2. The van der Waals surface area contributed by atoms with Crippen molar-refractivity contribution in [3.63, 3.8) is 0 Å². The summed E-state index contributed by atoms with van der Waals surface area (Å²) in [6.07, 6.45) is 2.24. The van der Waals surface area contributed by atoms with Gasteiger partial charge >= 0.3 is 6.09 Å². The number of piperidine rings is 1. The van der Waals surface area contributed by atoms with Crippen molar-refractivity contribution in [3.8, 4) is 0 Å². The third-order valence-electron chi connectivity index (χ3n) is 5.79. The standard InChI is InChI=1S/C23H26IN3O3/c24-19-3-1-16(2-4-19)22(28)17-8-11-27(12-9-17)13-14-30-23(29)26-20-5-6-21-18(15-20)7-10-25-21/h1-6,15,17,25H,7-14H2,(H,26,29). The summed E-state index contributed by atoms with van der Waals surface area (Å²) < 4.78 is 6.48. The summed E-state index contributed by atoms with van der Waals surface area (Å²) in [5, 5.41) is 6.10. The van der Waals surface area contributed by atoms with Crippen LogP contribution in [0.25, 0.3) is 0 Å². The molecule has 0 spiro atoms. The summed E-state index contributed by atoms with van der Waals surface area (Å²) in [5.41, 5.74) is 3.92. The van der Waals surface area contributed by atoms with Crippen molar-refractivity contribution in [2.24, 2.45) is 5.92 Å². The van der Waals surface area contributed by atoms with E-state index in [1.807, 2.05) is 42.5 Å². The van der Waals surface area contributed by atoms with Gasteiger partial charge in [-0.2, -0.15) is 0 Å². The van der Waals surface area contributed by atoms with Gasteiger partial charge in [0.2, 0.25) is 0 Å². The number of benzene rings is 2. The Morgan fingerprint density at radius 1 is 1.13 bits per heavy atom. The lowest BCUT2D eigenvalue weighted by atomic mass is 9.89. The Kier molecular flexibility index (Phi) is 6.89. The zero-order valence-electron chi connectivity index (χ0n) is 16.8. The van der Waals surface area contributed by atoms with Gasteiger partial charge in [0.25, 0.3) is 0 Å². The Labute approximate surface area is 190 Å². The van der Waals surface area contributed by atoms with Gasteiger partial charge in [-0.25, -0.2) is 4.79 Å². The van der Waals surface area contributed by atoms with Crippen molar-refractivity contribution in [2.75, 3.05) is 43.4 Å². The molecule has 2 heterocycles. The number of rotatable bonds is 6. The number of hydrogen-bond acceptors (Lipinski definition) is 5. The molecule has 6 nitrogen and oxygen atoms in total. The van der Waals surface area contributed by atoms with Crippen molar-refractivity contribution in [1.82, 2.24) is 4.90 Å². The zero-order chi connectivity index (χ0) is 20.9. The zero-order valence-corrected chi connectivity index (χ0v) is 19.0. The highest BCUT2D eigenvalue weighted by Gasteiger charge is 2.25. The molecule has 1 saturated heterocycles. The molecule has 2 N–H and O–H groups in total. The van der Waals surface area contributed by atoms with Gasteiger partial charge < -0.3 is 10.1 Å². The number of halogens is 1. The maximum Gasteiger partial charge on any atom is 0.411 e.